The zero-order valence-electron chi connectivity index (χ0n) is 10.7. The van der Waals surface area contributed by atoms with E-state index in [1.54, 1.807) is 23.9 Å². The van der Waals surface area contributed by atoms with E-state index in [1.165, 1.54) is 0 Å². The number of benzene rings is 2. The molecular weight excluding hydrogens is 290 g/mol. The number of fused-ring (bicyclic) bond motifs is 1. The third kappa shape index (κ3) is 2.66. The molecule has 1 heterocycles. The molecule has 3 aromatic rings. The second kappa shape index (κ2) is 5.60. The maximum atomic E-state index is 12.2. The fourth-order valence-electron chi connectivity index (χ4n) is 1.80. The Labute approximate surface area is 124 Å². The highest BCUT2D eigenvalue weighted by molar-refractivity contribution is 7.98. The van der Waals surface area contributed by atoms with Crippen LogP contribution in [0.4, 0.5) is 5.69 Å². The van der Waals surface area contributed by atoms with E-state index in [1.807, 2.05) is 36.6 Å². The van der Waals surface area contributed by atoms with Crippen molar-refractivity contribution in [2.45, 2.75) is 4.90 Å². The highest BCUT2D eigenvalue weighted by Crippen LogP contribution is 2.19. The van der Waals surface area contributed by atoms with Gasteiger partial charge in [0.05, 0.1) is 11.7 Å². The minimum absolute atomic E-state index is 0.142. The average Bonchev–Trinajstić information content (AvgIpc) is 2.95. The Balaban J connectivity index is 1.80. The first kappa shape index (κ1) is 13.1. The van der Waals surface area contributed by atoms with Crippen molar-refractivity contribution < 1.29 is 4.79 Å². The highest BCUT2D eigenvalue weighted by Gasteiger charge is 2.08. The van der Waals surface area contributed by atoms with E-state index in [0.29, 0.717) is 5.56 Å². The molecule has 0 radical (unpaired) electrons. The number of carbonyl (C=O) groups is 1. The molecule has 6 heteroatoms. The number of nitrogens with zero attached hydrogens (tertiary/aromatic N) is 2. The number of hydrogen-bond acceptors (Lipinski definition) is 5. The van der Waals surface area contributed by atoms with Gasteiger partial charge < -0.3 is 5.32 Å². The number of aromatic nitrogens is 2. The predicted octanol–water partition coefficient (Wildman–Crippen LogP) is 3.67. The van der Waals surface area contributed by atoms with Gasteiger partial charge in [-0.15, -0.1) is 11.8 Å². The molecule has 4 nitrogen and oxygen atoms in total. The second-order valence-corrected chi connectivity index (χ2v) is 5.56. The number of carbonyl (C=O) groups excluding carboxylic acids is 1. The van der Waals surface area contributed by atoms with E-state index in [2.05, 4.69) is 14.1 Å². The van der Waals surface area contributed by atoms with Gasteiger partial charge in [0.1, 0.15) is 11.0 Å². The summed E-state index contributed by atoms with van der Waals surface area (Å²) in [5.74, 6) is -0.142. The molecule has 0 aliphatic carbocycles. The molecule has 1 N–H and O–H groups in total. The van der Waals surface area contributed by atoms with Gasteiger partial charge in [0, 0.05) is 16.1 Å². The molecular formula is C14H11N3OS2. The highest BCUT2D eigenvalue weighted by atomic mass is 32.2. The van der Waals surface area contributed by atoms with E-state index in [0.717, 1.165) is 33.3 Å². The Morgan fingerprint density at radius 2 is 1.85 bits per heavy atom. The lowest BCUT2D eigenvalue weighted by molar-refractivity contribution is 0.102. The number of nitrogens with one attached hydrogen (secondary N) is 1. The molecule has 0 unspecified atom stereocenters. The summed E-state index contributed by atoms with van der Waals surface area (Å²) in [6, 6.07) is 13.1. The van der Waals surface area contributed by atoms with Gasteiger partial charge in [0.2, 0.25) is 0 Å². The fourth-order valence-corrected chi connectivity index (χ4v) is 2.73. The summed E-state index contributed by atoms with van der Waals surface area (Å²) in [4.78, 5) is 13.3. The zero-order chi connectivity index (χ0) is 13.9. The molecule has 1 amide bonds. The van der Waals surface area contributed by atoms with Crippen LogP contribution in [0.3, 0.4) is 0 Å². The van der Waals surface area contributed by atoms with E-state index in [4.69, 9.17) is 0 Å². The van der Waals surface area contributed by atoms with Crippen LogP contribution < -0.4 is 5.32 Å². The largest absolute Gasteiger partial charge is 0.322 e. The van der Waals surface area contributed by atoms with E-state index in [-0.39, 0.29) is 5.91 Å². The zero-order valence-corrected chi connectivity index (χ0v) is 12.3. The van der Waals surface area contributed by atoms with Crippen molar-refractivity contribution >= 4 is 46.1 Å². The van der Waals surface area contributed by atoms with Crippen LogP contribution in [0.25, 0.3) is 11.0 Å². The Hall–Kier alpha value is -1.92. The number of hydrogen-bond donors (Lipinski definition) is 1. The van der Waals surface area contributed by atoms with Crippen LogP contribution in [-0.4, -0.2) is 20.9 Å². The lowest BCUT2D eigenvalue weighted by Crippen LogP contribution is -2.11. The molecule has 20 heavy (non-hydrogen) atoms. The standard InChI is InChI=1S/C14H11N3OS2/c1-19-11-5-3-10(4-6-11)15-14(18)9-2-7-12-13(8-9)17-20-16-12/h2-8H,1H3,(H,15,18). The van der Waals surface area contributed by atoms with Crippen molar-refractivity contribution in [2.75, 3.05) is 11.6 Å². The monoisotopic (exact) mass is 301 g/mol. The van der Waals surface area contributed by atoms with Gasteiger partial charge in [-0.3, -0.25) is 4.79 Å². The molecule has 0 atom stereocenters. The van der Waals surface area contributed by atoms with Crippen LogP contribution in [-0.2, 0) is 0 Å². The first-order valence-corrected chi connectivity index (χ1v) is 7.89. The van der Waals surface area contributed by atoms with Crippen LogP contribution in [0.15, 0.2) is 47.4 Å². The minimum Gasteiger partial charge on any atom is -0.322 e. The number of amides is 1. The van der Waals surface area contributed by atoms with Crippen LogP contribution in [0.5, 0.6) is 0 Å². The second-order valence-electron chi connectivity index (χ2n) is 4.15. The number of thioether (sulfide) groups is 1. The van der Waals surface area contributed by atoms with Gasteiger partial charge in [-0.25, -0.2) is 0 Å². The van der Waals surface area contributed by atoms with Gasteiger partial charge in [0.25, 0.3) is 5.91 Å². The third-order valence-electron chi connectivity index (χ3n) is 2.86. The summed E-state index contributed by atoms with van der Waals surface area (Å²) in [7, 11) is 0. The number of anilines is 1. The first-order chi connectivity index (χ1) is 9.76. The van der Waals surface area contributed by atoms with Crippen molar-refractivity contribution in [1.82, 2.24) is 8.75 Å². The minimum atomic E-state index is -0.142. The summed E-state index contributed by atoms with van der Waals surface area (Å²) in [5.41, 5.74) is 2.93. The van der Waals surface area contributed by atoms with Gasteiger partial charge in [0.15, 0.2) is 0 Å². The van der Waals surface area contributed by atoms with Crippen molar-refractivity contribution in [3.05, 3.63) is 48.0 Å². The van der Waals surface area contributed by atoms with Crippen LogP contribution in [0.1, 0.15) is 10.4 Å². The molecule has 0 bridgehead atoms. The van der Waals surface area contributed by atoms with Crippen molar-refractivity contribution in [1.29, 1.82) is 0 Å². The summed E-state index contributed by atoms with van der Waals surface area (Å²) < 4.78 is 8.26. The van der Waals surface area contributed by atoms with Gasteiger partial charge in [-0.05, 0) is 48.7 Å². The SMILES string of the molecule is CSc1ccc(NC(=O)c2ccc3nsnc3c2)cc1. The van der Waals surface area contributed by atoms with Crippen LogP contribution in [0, 0.1) is 0 Å². The molecule has 0 aliphatic rings. The Bertz CT molecular complexity index is 752. The maximum absolute atomic E-state index is 12.2. The lowest BCUT2D eigenvalue weighted by atomic mass is 10.2. The molecule has 0 spiro atoms. The lowest BCUT2D eigenvalue weighted by Gasteiger charge is -2.05. The normalized spacial score (nSPS) is 10.7. The third-order valence-corrected chi connectivity index (χ3v) is 4.16. The van der Waals surface area contributed by atoms with E-state index < -0.39 is 0 Å². The molecule has 0 saturated carbocycles. The first-order valence-electron chi connectivity index (χ1n) is 5.94. The molecule has 0 aliphatic heterocycles. The van der Waals surface area contributed by atoms with Gasteiger partial charge in [-0.2, -0.15) is 8.75 Å². The predicted molar refractivity (Wildman–Crippen MR) is 83.6 cm³/mol. The Morgan fingerprint density at radius 3 is 2.60 bits per heavy atom. The van der Waals surface area contributed by atoms with Gasteiger partial charge in [-0.1, -0.05) is 0 Å². The molecule has 0 saturated heterocycles. The van der Waals surface area contributed by atoms with Crippen molar-refractivity contribution in [3.8, 4) is 0 Å². The molecule has 1 aromatic heterocycles. The van der Waals surface area contributed by atoms with Crippen molar-refractivity contribution in [3.63, 3.8) is 0 Å². The Morgan fingerprint density at radius 1 is 1.10 bits per heavy atom. The summed E-state index contributed by atoms with van der Waals surface area (Å²) in [5, 5.41) is 2.87. The Kier molecular flexibility index (Phi) is 3.66. The molecule has 2 aromatic carbocycles. The van der Waals surface area contributed by atoms with Crippen LogP contribution in [0.2, 0.25) is 0 Å². The summed E-state index contributed by atoms with van der Waals surface area (Å²) in [6.45, 7) is 0. The molecule has 0 fully saturated rings. The smallest absolute Gasteiger partial charge is 0.255 e. The maximum Gasteiger partial charge on any atom is 0.255 e. The van der Waals surface area contributed by atoms with E-state index in [9.17, 15) is 4.79 Å². The van der Waals surface area contributed by atoms with Crippen molar-refractivity contribution in [2.24, 2.45) is 0 Å². The summed E-state index contributed by atoms with van der Waals surface area (Å²) in [6.07, 6.45) is 2.02. The molecule has 100 valence electrons. The quantitative estimate of drug-likeness (QED) is 0.750. The van der Waals surface area contributed by atoms with Gasteiger partial charge >= 0.3 is 0 Å². The number of rotatable bonds is 3. The fraction of sp³-hybridized carbons (Fsp3) is 0.0714. The van der Waals surface area contributed by atoms with Crippen LogP contribution >= 0.6 is 23.5 Å². The average molecular weight is 301 g/mol. The molecule has 3 rings (SSSR count). The topological polar surface area (TPSA) is 54.9 Å². The summed E-state index contributed by atoms with van der Waals surface area (Å²) >= 11 is 2.82. The van der Waals surface area contributed by atoms with E-state index >= 15 is 0 Å².